The van der Waals surface area contributed by atoms with Gasteiger partial charge in [-0.2, -0.15) is 0 Å². The van der Waals surface area contributed by atoms with Gasteiger partial charge in [0, 0.05) is 11.3 Å². The highest BCUT2D eigenvalue weighted by atomic mass is 32.1. The molecule has 1 aromatic heterocycles. The number of carbonyl (C=O) groups excluding carboxylic acids is 5. The lowest BCUT2D eigenvalue weighted by Crippen LogP contribution is -2.59. The van der Waals surface area contributed by atoms with Crippen LogP contribution in [-0.4, -0.2) is 74.3 Å². The summed E-state index contributed by atoms with van der Waals surface area (Å²) in [5.74, 6) is -2.65. The number of alkyl carbamates (subject to hydrolysis) is 1. The highest BCUT2D eigenvalue weighted by molar-refractivity contribution is 7.10. The van der Waals surface area contributed by atoms with Crippen LogP contribution < -0.4 is 21.3 Å². The minimum atomic E-state index is -1.65. The zero-order chi connectivity index (χ0) is 25.5. The maximum atomic E-state index is 13.0. The van der Waals surface area contributed by atoms with Crippen molar-refractivity contribution in [1.82, 2.24) is 21.3 Å². The Kier molecular flexibility index (Phi) is 8.99. The van der Waals surface area contributed by atoms with Crippen LogP contribution in [0, 0.1) is 0 Å². The molecule has 0 radical (unpaired) electrons. The van der Waals surface area contributed by atoms with Crippen molar-refractivity contribution >= 4 is 41.2 Å². The zero-order valence-electron chi connectivity index (χ0n) is 19.7. The maximum absolute atomic E-state index is 13.0. The molecule has 4 N–H and O–H groups in total. The second-order valence-corrected chi connectivity index (χ2v) is 9.51. The van der Waals surface area contributed by atoms with Crippen LogP contribution in [0.4, 0.5) is 4.79 Å². The van der Waals surface area contributed by atoms with Gasteiger partial charge in [0.25, 0.3) is 0 Å². The Morgan fingerprint density at radius 2 is 1.82 bits per heavy atom. The van der Waals surface area contributed by atoms with Gasteiger partial charge in [0.05, 0.1) is 26.3 Å². The Balaban J connectivity index is 2.24. The number of hydrogen-bond acceptors (Lipinski definition) is 10. The molecule has 188 valence electrons. The molecule has 1 aliphatic heterocycles. The van der Waals surface area contributed by atoms with E-state index in [2.05, 4.69) is 26.0 Å². The summed E-state index contributed by atoms with van der Waals surface area (Å²) in [4.78, 5) is 62.4. The fourth-order valence-electron chi connectivity index (χ4n) is 3.46. The van der Waals surface area contributed by atoms with Crippen LogP contribution in [0.2, 0.25) is 0 Å². The monoisotopic (exact) mass is 498 g/mol. The van der Waals surface area contributed by atoms with Crippen molar-refractivity contribution < 1.29 is 38.2 Å². The molecule has 0 spiro atoms. The molecule has 0 bridgehead atoms. The van der Waals surface area contributed by atoms with E-state index in [0.717, 1.165) is 0 Å². The topological polar surface area (TPSA) is 161 Å². The number of hydrogen-bond donors (Lipinski definition) is 4. The van der Waals surface area contributed by atoms with E-state index < -0.39 is 59.6 Å². The van der Waals surface area contributed by atoms with Crippen LogP contribution in [0.5, 0.6) is 0 Å². The van der Waals surface area contributed by atoms with Crippen molar-refractivity contribution in [2.24, 2.45) is 0 Å². The molecule has 3 atom stereocenters. The highest BCUT2D eigenvalue weighted by Gasteiger charge is 2.57. The van der Waals surface area contributed by atoms with Gasteiger partial charge in [0.15, 0.2) is 5.54 Å². The average molecular weight is 499 g/mol. The quantitative estimate of drug-likeness (QED) is 0.285. The van der Waals surface area contributed by atoms with Crippen molar-refractivity contribution in [3.63, 3.8) is 0 Å². The van der Waals surface area contributed by atoms with Crippen molar-refractivity contribution in [3.05, 3.63) is 22.4 Å². The van der Waals surface area contributed by atoms with Gasteiger partial charge in [0.2, 0.25) is 11.8 Å². The zero-order valence-corrected chi connectivity index (χ0v) is 20.5. The van der Waals surface area contributed by atoms with Crippen molar-refractivity contribution in [2.45, 2.75) is 50.4 Å². The number of nitrogens with one attached hydrogen (secondary N) is 4. The summed E-state index contributed by atoms with van der Waals surface area (Å²) >= 11 is 1.32. The minimum Gasteiger partial charge on any atom is -0.468 e. The Labute approximate surface area is 201 Å². The first-order valence-corrected chi connectivity index (χ1v) is 11.3. The van der Waals surface area contributed by atoms with Crippen LogP contribution in [0.15, 0.2) is 17.5 Å². The fourth-order valence-corrected chi connectivity index (χ4v) is 4.34. The van der Waals surface area contributed by atoms with E-state index in [4.69, 9.17) is 9.47 Å². The third-order valence-corrected chi connectivity index (χ3v) is 5.81. The van der Waals surface area contributed by atoms with E-state index >= 15 is 0 Å². The van der Waals surface area contributed by atoms with E-state index in [1.807, 2.05) is 0 Å². The third-order valence-electron chi connectivity index (χ3n) is 4.87. The largest absolute Gasteiger partial charge is 0.468 e. The molecule has 0 aliphatic carbocycles. The lowest BCUT2D eigenvalue weighted by Gasteiger charge is -2.32. The number of esters is 2. The Morgan fingerprint density at radius 1 is 1.12 bits per heavy atom. The van der Waals surface area contributed by atoms with Crippen molar-refractivity contribution in [1.29, 1.82) is 0 Å². The molecule has 0 aromatic carbocycles. The first-order valence-electron chi connectivity index (χ1n) is 10.4. The van der Waals surface area contributed by atoms with Crippen LogP contribution >= 0.6 is 11.3 Å². The fraction of sp³-hybridized carbons (Fsp3) is 0.571. The van der Waals surface area contributed by atoms with Crippen LogP contribution in [0.3, 0.4) is 0 Å². The number of thiophene rings is 1. The van der Waals surface area contributed by atoms with E-state index in [9.17, 15) is 24.0 Å². The molecular weight excluding hydrogens is 468 g/mol. The molecule has 3 amide bonds. The summed E-state index contributed by atoms with van der Waals surface area (Å²) in [5.41, 5.74) is -2.40. The summed E-state index contributed by atoms with van der Waals surface area (Å²) in [6.07, 6.45) is -0.956. The smallest absolute Gasteiger partial charge is 0.408 e. The summed E-state index contributed by atoms with van der Waals surface area (Å²) in [6.45, 7) is 4.22. The Hall–Kier alpha value is -3.19. The highest BCUT2D eigenvalue weighted by Crippen LogP contribution is 2.39. The molecule has 1 saturated heterocycles. The number of methoxy groups -OCH3 is 2. The molecule has 13 heteroatoms. The Morgan fingerprint density at radius 3 is 2.38 bits per heavy atom. The predicted molar refractivity (Wildman–Crippen MR) is 121 cm³/mol. The second kappa shape index (κ2) is 11.3. The summed E-state index contributed by atoms with van der Waals surface area (Å²) < 4.78 is 14.6. The molecule has 12 nitrogen and oxygen atoms in total. The van der Waals surface area contributed by atoms with Crippen molar-refractivity contribution in [2.75, 3.05) is 27.3 Å². The van der Waals surface area contributed by atoms with E-state index in [0.29, 0.717) is 4.88 Å². The molecule has 2 heterocycles. The van der Waals surface area contributed by atoms with Crippen LogP contribution in [-0.2, 0) is 33.4 Å². The standard InChI is InChI=1S/C21H30N4O8S/c1-20(2,3)33-19(30)23-10-14(26)25-21(18(29)32-5)9-12(17(28)22-11-15(27)31-4)24-16(21)13-7-6-8-34-13/h6-8,12,16,24H,9-11H2,1-5H3,(H,22,28)(H,23,30)(H,25,26)/t12-,16-,21+/m1/s1. The summed E-state index contributed by atoms with van der Waals surface area (Å²) in [5, 5.41) is 12.3. The normalized spacial score (nSPS) is 21.8. The molecular formula is C21H30N4O8S. The minimum absolute atomic E-state index is 0.159. The van der Waals surface area contributed by atoms with Gasteiger partial charge in [-0.1, -0.05) is 6.07 Å². The Bertz CT molecular complexity index is 914. The molecule has 34 heavy (non-hydrogen) atoms. The van der Waals surface area contributed by atoms with Gasteiger partial charge in [-0.15, -0.1) is 11.3 Å². The number of rotatable bonds is 8. The number of amides is 3. The van der Waals surface area contributed by atoms with Gasteiger partial charge in [0.1, 0.15) is 18.7 Å². The first-order chi connectivity index (χ1) is 15.9. The van der Waals surface area contributed by atoms with E-state index in [1.165, 1.54) is 25.6 Å². The maximum Gasteiger partial charge on any atom is 0.408 e. The van der Waals surface area contributed by atoms with Crippen LogP contribution in [0.1, 0.15) is 38.1 Å². The van der Waals surface area contributed by atoms with Crippen molar-refractivity contribution in [3.8, 4) is 0 Å². The molecule has 0 unspecified atom stereocenters. The molecule has 1 aromatic rings. The lowest BCUT2D eigenvalue weighted by molar-refractivity contribution is -0.151. The van der Waals surface area contributed by atoms with E-state index in [-0.39, 0.29) is 13.0 Å². The van der Waals surface area contributed by atoms with Gasteiger partial charge in [-0.3, -0.25) is 19.7 Å². The number of carbonyl (C=O) groups is 5. The summed E-state index contributed by atoms with van der Waals surface area (Å²) in [7, 11) is 2.36. The van der Waals surface area contributed by atoms with E-state index in [1.54, 1.807) is 38.3 Å². The molecule has 0 saturated carbocycles. The first kappa shape index (κ1) is 27.1. The average Bonchev–Trinajstić information content (AvgIpc) is 3.42. The van der Waals surface area contributed by atoms with Gasteiger partial charge in [-0.25, -0.2) is 9.59 Å². The summed E-state index contributed by atoms with van der Waals surface area (Å²) in [6, 6.07) is 1.77. The predicted octanol–water partition coefficient (Wildman–Crippen LogP) is -0.00700. The second-order valence-electron chi connectivity index (χ2n) is 8.53. The third kappa shape index (κ3) is 6.90. The number of ether oxygens (including phenoxy) is 3. The van der Waals surface area contributed by atoms with Crippen LogP contribution in [0.25, 0.3) is 0 Å². The lowest BCUT2D eigenvalue weighted by atomic mass is 9.87. The SMILES string of the molecule is COC(=O)CNC(=O)[C@H]1C[C@@](NC(=O)CNC(=O)OC(C)(C)C)(C(=O)OC)[C@@H](c2cccs2)N1. The molecule has 1 fully saturated rings. The van der Waals surface area contributed by atoms with Gasteiger partial charge in [-0.05, 0) is 32.2 Å². The van der Waals surface area contributed by atoms with Gasteiger partial charge < -0.3 is 30.2 Å². The van der Waals surface area contributed by atoms with Gasteiger partial charge >= 0.3 is 18.0 Å². The molecule has 2 rings (SSSR count). The molecule has 1 aliphatic rings.